The van der Waals surface area contributed by atoms with E-state index in [1.807, 2.05) is 38.1 Å². The van der Waals surface area contributed by atoms with Gasteiger partial charge >= 0.3 is 7.48 Å². The second kappa shape index (κ2) is 9.11. The van der Waals surface area contributed by atoms with Crippen LogP contribution in [0, 0.1) is 0 Å². The summed E-state index contributed by atoms with van der Waals surface area (Å²) in [4.78, 5) is 0. The molecule has 35 heavy (non-hydrogen) atoms. The number of rotatable bonds is 6. The largest absolute Gasteiger partial charge is 0.427 e. The Labute approximate surface area is 216 Å². The maximum atomic E-state index is 10.5. The molecule has 0 spiro atoms. The van der Waals surface area contributed by atoms with Crippen molar-refractivity contribution in [2.45, 2.75) is 38.9 Å². The summed E-state index contributed by atoms with van der Waals surface area (Å²) in [5.41, 5.74) is 4.22. The number of aliphatic hydroxyl groups is 1. The van der Waals surface area contributed by atoms with Crippen LogP contribution in [0.1, 0.15) is 27.7 Å². The van der Waals surface area contributed by atoms with Gasteiger partial charge in [-0.3, -0.25) is 0 Å². The fourth-order valence-corrected chi connectivity index (χ4v) is 5.39. The van der Waals surface area contributed by atoms with Crippen LogP contribution < -0.4 is 5.46 Å². The van der Waals surface area contributed by atoms with Crippen molar-refractivity contribution in [3.8, 4) is 22.3 Å². The van der Waals surface area contributed by atoms with Crippen LogP contribution in [-0.4, -0.2) is 23.8 Å². The summed E-state index contributed by atoms with van der Waals surface area (Å²) < 4.78 is 8.74. The molecule has 0 aliphatic carbocycles. The predicted molar refractivity (Wildman–Crippen MR) is 153 cm³/mol. The molecule has 1 heterocycles. The van der Waals surface area contributed by atoms with Gasteiger partial charge in [0, 0.05) is 19.8 Å². The highest BCUT2D eigenvalue weighted by molar-refractivity contribution is 7.26. The highest BCUT2D eigenvalue weighted by Crippen LogP contribution is 2.36. The van der Waals surface area contributed by atoms with E-state index in [9.17, 15) is 5.11 Å². The van der Waals surface area contributed by atoms with E-state index in [4.69, 9.17) is 16.3 Å². The molecule has 1 aromatic heterocycles. The van der Waals surface area contributed by atoms with Crippen molar-refractivity contribution in [3.05, 3.63) is 90.0 Å². The minimum Gasteiger partial charge on any atom is -0.427 e. The maximum absolute atomic E-state index is 10.5. The standard InChI is InChI=1S/C30H28BClO2S/c1-29(2,33)30(3,4)34-31-25-6-5-7-27-28(25)24-18-22(14-17-26(24)35-27)21-10-8-19(9-11-21)20-12-15-23(32)16-13-20/h5-18,31,33H,1-4H3. The topological polar surface area (TPSA) is 29.5 Å². The van der Waals surface area contributed by atoms with Crippen molar-refractivity contribution in [2.24, 2.45) is 0 Å². The zero-order chi connectivity index (χ0) is 24.8. The molecule has 5 rings (SSSR count). The summed E-state index contributed by atoms with van der Waals surface area (Å²) in [7, 11) is 0.445. The van der Waals surface area contributed by atoms with Crippen molar-refractivity contribution in [2.75, 3.05) is 0 Å². The number of benzene rings is 4. The number of hydrogen-bond acceptors (Lipinski definition) is 3. The Balaban J connectivity index is 1.51. The molecule has 0 unspecified atom stereocenters. The monoisotopic (exact) mass is 498 g/mol. The van der Waals surface area contributed by atoms with Crippen LogP contribution in [-0.2, 0) is 4.65 Å². The van der Waals surface area contributed by atoms with Crippen LogP contribution in [0.4, 0.5) is 0 Å². The first-order valence-electron chi connectivity index (χ1n) is 11.8. The molecule has 4 aromatic carbocycles. The lowest BCUT2D eigenvalue weighted by atomic mass is 9.80. The SMILES string of the molecule is CC(C)(O)C(C)(C)OBc1cccc2sc3ccc(-c4ccc(-c5ccc(Cl)cc5)cc4)cc3c12. The average molecular weight is 499 g/mol. The van der Waals surface area contributed by atoms with Crippen LogP contribution in [0.3, 0.4) is 0 Å². The summed E-state index contributed by atoms with van der Waals surface area (Å²) >= 11 is 7.84. The normalized spacial score (nSPS) is 12.4. The number of hydrogen-bond donors (Lipinski definition) is 1. The zero-order valence-electron chi connectivity index (χ0n) is 20.4. The number of thiophene rings is 1. The van der Waals surface area contributed by atoms with Crippen molar-refractivity contribution >= 4 is 56.1 Å². The molecule has 1 N–H and O–H groups in total. The second-order valence-electron chi connectivity index (χ2n) is 10.0. The first kappa shape index (κ1) is 24.1. The molecule has 0 aliphatic heterocycles. The fourth-order valence-electron chi connectivity index (χ4n) is 4.13. The van der Waals surface area contributed by atoms with Crippen LogP contribution in [0.25, 0.3) is 42.4 Å². The third-order valence-electron chi connectivity index (χ3n) is 7.04. The van der Waals surface area contributed by atoms with Crippen LogP contribution >= 0.6 is 22.9 Å². The van der Waals surface area contributed by atoms with Gasteiger partial charge in [-0.2, -0.15) is 0 Å². The van der Waals surface area contributed by atoms with Crippen LogP contribution in [0.2, 0.25) is 5.02 Å². The summed E-state index contributed by atoms with van der Waals surface area (Å²) in [5, 5.41) is 13.7. The molecular weight excluding hydrogens is 471 g/mol. The molecule has 0 aliphatic rings. The molecule has 2 nitrogen and oxygen atoms in total. The van der Waals surface area contributed by atoms with E-state index in [2.05, 4.69) is 60.7 Å². The summed E-state index contributed by atoms with van der Waals surface area (Å²) in [6.07, 6.45) is 0. The molecule has 5 heteroatoms. The lowest BCUT2D eigenvalue weighted by Crippen LogP contribution is -2.49. The van der Waals surface area contributed by atoms with Gasteiger partial charge in [0.25, 0.3) is 0 Å². The molecule has 0 bridgehead atoms. The van der Waals surface area contributed by atoms with Crippen molar-refractivity contribution in [1.29, 1.82) is 0 Å². The molecular formula is C30H28BClO2S. The van der Waals surface area contributed by atoms with Gasteiger partial charge in [0.15, 0.2) is 0 Å². The van der Waals surface area contributed by atoms with Crippen LogP contribution in [0.5, 0.6) is 0 Å². The first-order chi connectivity index (χ1) is 16.6. The van der Waals surface area contributed by atoms with Gasteiger partial charge in [0.2, 0.25) is 0 Å². The highest BCUT2D eigenvalue weighted by Gasteiger charge is 2.35. The Morgan fingerprint density at radius 3 is 1.94 bits per heavy atom. The number of fused-ring (bicyclic) bond motifs is 3. The van der Waals surface area contributed by atoms with Crippen molar-refractivity contribution < 1.29 is 9.76 Å². The van der Waals surface area contributed by atoms with E-state index in [-0.39, 0.29) is 0 Å². The van der Waals surface area contributed by atoms with Crippen LogP contribution in [0.15, 0.2) is 84.9 Å². The smallest absolute Gasteiger partial charge is 0.310 e. The Kier molecular flexibility index (Phi) is 6.27. The Hall–Kier alpha value is -2.63. The summed E-state index contributed by atoms with van der Waals surface area (Å²) in [6, 6.07) is 29.7. The van der Waals surface area contributed by atoms with E-state index in [1.165, 1.54) is 36.9 Å². The minimum absolute atomic E-state index is 0.445. The molecule has 5 aromatic rings. The molecule has 0 saturated heterocycles. The Morgan fingerprint density at radius 2 is 1.31 bits per heavy atom. The molecule has 0 radical (unpaired) electrons. The quantitative estimate of drug-likeness (QED) is 0.244. The minimum atomic E-state index is -0.942. The maximum Gasteiger partial charge on any atom is 0.310 e. The average Bonchev–Trinajstić information content (AvgIpc) is 3.21. The third-order valence-corrected chi connectivity index (χ3v) is 8.43. The summed E-state index contributed by atoms with van der Waals surface area (Å²) in [5.74, 6) is 0. The van der Waals surface area contributed by atoms with E-state index >= 15 is 0 Å². The van der Waals surface area contributed by atoms with Gasteiger partial charge in [0.05, 0.1) is 11.2 Å². The predicted octanol–water partition coefficient (Wildman–Crippen LogP) is 7.58. The first-order valence-corrected chi connectivity index (χ1v) is 13.0. The highest BCUT2D eigenvalue weighted by atomic mass is 35.5. The summed E-state index contributed by atoms with van der Waals surface area (Å²) in [6.45, 7) is 7.45. The van der Waals surface area contributed by atoms with Gasteiger partial charge in [-0.15, -0.1) is 11.3 Å². The third kappa shape index (κ3) is 4.77. The fraction of sp³-hybridized carbons (Fsp3) is 0.200. The number of halogens is 1. The molecule has 0 amide bonds. The second-order valence-corrected chi connectivity index (χ2v) is 11.6. The molecule has 0 fully saturated rings. The Bertz CT molecular complexity index is 1500. The van der Waals surface area contributed by atoms with Crippen molar-refractivity contribution in [3.63, 3.8) is 0 Å². The van der Waals surface area contributed by atoms with E-state index in [0.29, 0.717) is 7.48 Å². The van der Waals surface area contributed by atoms with Gasteiger partial charge in [0.1, 0.15) is 0 Å². The Morgan fingerprint density at radius 1 is 0.743 bits per heavy atom. The zero-order valence-corrected chi connectivity index (χ0v) is 22.0. The van der Waals surface area contributed by atoms with Gasteiger partial charge in [-0.1, -0.05) is 66.2 Å². The van der Waals surface area contributed by atoms with E-state index < -0.39 is 11.2 Å². The molecule has 0 atom stereocenters. The van der Waals surface area contributed by atoms with Gasteiger partial charge in [-0.25, -0.2) is 0 Å². The molecule has 176 valence electrons. The van der Waals surface area contributed by atoms with E-state index in [1.54, 1.807) is 25.2 Å². The van der Waals surface area contributed by atoms with Crippen molar-refractivity contribution in [1.82, 2.24) is 0 Å². The lowest BCUT2D eigenvalue weighted by Gasteiger charge is -2.37. The van der Waals surface area contributed by atoms with Gasteiger partial charge in [-0.05, 0) is 91.1 Å². The van der Waals surface area contributed by atoms with Gasteiger partial charge < -0.3 is 9.76 Å². The van der Waals surface area contributed by atoms with E-state index in [0.717, 1.165) is 16.0 Å². The molecule has 0 saturated carbocycles. The lowest BCUT2D eigenvalue weighted by molar-refractivity contribution is -0.0893.